The first-order valence-electron chi connectivity index (χ1n) is 7.96. The van der Waals surface area contributed by atoms with Crippen molar-refractivity contribution in [1.82, 2.24) is 9.97 Å². The van der Waals surface area contributed by atoms with E-state index in [-0.39, 0.29) is 5.60 Å². The molecule has 2 heterocycles. The van der Waals surface area contributed by atoms with Gasteiger partial charge in [-0.3, -0.25) is 0 Å². The van der Waals surface area contributed by atoms with Gasteiger partial charge < -0.3 is 9.64 Å². The second-order valence-electron chi connectivity index (χ2n) is 6.34. The monoisotopic (exact) mass is 295 g/mol. The van der Waals surface area contributed by atoms with E-state index in [4.69, 9.17) is 4.74 Å². The minimum atomic E-state index is -0.165. The summed E-state index contributed by atoms with van der Waals surface area (Å²) in [5.74, 6) is 1.86. The van der Waals surface area contributed by atoms with E-state index >= 15 is 0 Å². The highest BCUT2D eigenvalue weighted by Crippen LogP contribution is 2.42. The van der Waals surface area contributed by atoms with Crippen LogP contribution in [0.25, 0.3) is 0 Å². The number of fused-ring (bicyclic) bond motifs is 2. The summed E-state index contributed by atoms with van der Waals surface area (Å²) in [4.78, 5) is 11.4. The van der Waals surface area contributed by atoms with E-state index in [2.05, 4.69) is 45.2 Å². The van der Waals surface area contributed by atoms with Crippen LogP contribution in [0.2, 0.25) is 0 Å². The molecule has 1 aliphatic carbocycles. The molecule has 4 nitrogen and oxygen atoms in total. The van der Waals surface area contributed by atoms with Gasteiger partial charge in [0.15, 0.2) is 0 Å². The normalized spacial score (nSPS) is 23.8. The van der Waals surface area contributed by atoms with Gasteiger partial charge in [0.25, 0.3) is 0 Å². The first-order chi connectivity index (χ1) is 10.7. The Labute approximate surface area is 131 Å². The molecular formula is C18H21N3O. The Morgan fingerprint density at radius 3 is 2.91 bits per heavy atom. The number of nitrogens with zero attached hydrogens (tertiary/aromatic N) is 3. The number of morpholine rings is 1. The fraction of sp³-hybridized carbons (Fsp3) is 0.444. The minimum Gasteiger partial charge on any atom is -0.367 e. The quantitative estimate of drug-likeness (QED) is 0.811. The summed E-state index contributed by atoms with van der Waals surface area (Å²) in [5.41, 5.74) is 3.65. The third-order valence-electron chi connectivity index (χ3n) is 4.77. The lowest BCUT2D eigenvalue weighted by atomic mass is 9.93. The second-order valence-corrected chi connectivity index (χ2v) is 6.34. The number of hydrogen-bond donors (Lipinski definition) is 0. The minimum absolute atomic E-state index is 0.165. The molecule has 1 spiro atoms. The lowest BCUT2D eigenvalue weighted by Crippen LogP contribution is -2.49. The molecule has 1 aliphatic heterocycles. The van der Waals surface area contributed by atoms with Crippen LogP contribution in [0, 0.1) is 13.8 Å². The summed E-state index contributed by atoms with van der Waals surface area (Å²) < 4.78 is 6.28. The first-order valence-corrected chi connectivity index (χ1v) is 7.96. The van der Waals surface area contributed by atoms with Gasteiger partial charge in [-0.15, -0.1) is 0 Å². The van der Waals surface area contributed by atoms with E-state index in [1.807, 2.05) is 13.8 Å². The van der Waals surface area contributed by atoms with E-state index < -0.39 is 0 Å². The van der Waals surface area contributed by atoms with Gasteiger partial charge in [0.1, 0.15) is 17.2 Å². The molecule has 0 radical (unpaired) electrons. The summed E-state index contributed by atoms with van der Waals surface area (Å²) in [5, 5.41) is 0. The Morgan fingerprint density at radius 2 is 2.05 bits per heavy atom. The molecule has 2 aliphatic rings. The predicted molar refractivity (Wildman–Crippen MR) is 86.1 cm³/mol. The molecule has 1 aromatic heterocycles. The van der Waals surface area contributed by atoms with Gasteiger partial charge in [-0.2, -0.15) is 0 Å². The van der Waals surface area contributed by atoms with E-state index in [1.165, 1.54) is 11.1 Å². The van der Waals surface area contributed by atoms with Crippen LogP contribution in [0.5, 0.6) is 0 Å². The van der Waals surface area contributed by atoms with E-state index in [0.717, 1.165) is 49.9 Å². The number of ether oxygens (including phenoxy) is 1. The van der Waals surface area contributed by atoms with Crippen molar-refractivity contribution in [3.8, 4) is 0 Å². The van der Waals surface area contributed by atoms with Gasteiger partial charge in [0.05, 0.1) is 13.2 Å². The zero-order chi connectivity index (χ0) is 15.2. The van der Waals surface area contributed by atoms with Gasteiger partial charge in [-0.05, 0) is 37.8 Å². The van der Waals surface area contributed by atoms with Gasteiger partial charge in [0, 0.05) is 18.3 Å². The maximum Gasteiger partial charge on any atom is 0.132 e. The van der Waals surface area contributed by atoms with Crippen LogP contribution in [0.3, 0.4) is 0 Å². The second kappa shape index (κ2) is 5.06. The van der Waals surface area contributed by atoms with Crippen LogP contribution >= 0.6 is 0 Å². The molecule has 22 heavy (non-hydrogen) atoms. The van der Waals surface area contributed by atoms with Gasteiger partial charge in [0.2, 0.25) is 0 Å². The summed E-state index contributed by atoms with van der Waals surface area (Å²) in [6, 6.07) is 10.8. The third-order valence-corrected chi connectivity index (χ3v) is 4.77. The lowest BCUT2D eigenvalue weighted by molar-refractivity contribution is -0.0594. The SMILES string of the molecule is Cc1cc(N2CCOC3(CCc4ccccc43)C2)nc(C)n1. The summed E-state index contributed by atoms with van der Waals surface area (Å²) in [6.07, 6.45) is 2.16. The Hall–Kier alpha value is -1.94. The first kappa shape index (κ1) is 13.7. The van der Waals surface area contributed by atoms with Crippen LogP contribution in [0.1, 0.15) is 29.1 Å². The Bertz CT molecular complexity index is 691. The molecule has 0 bridgehead atoms. The largest absolute Gasteiger partial charge is 0.367 e. The van der Waals surface area contributed by atoms with E-state index in [0.29, 0.717) is 0 Å². The Morgan fingerprint density at radius 1 is 1.18 bits per heavy atom. The van der Waals surface area contributed by atoms with Crippen LogP contribution in [-0.4, -0.2) is 29.7 Å². The van der Waals surface area contributed by atoms with E-state index in [9.17, 15) is 0 Å². The van der Waals surface area contributed by atoms with Crippen molar-refractivity contribution >= 4 is 5.82 Å². The van der Waals surface area contributed by atoms with Gasteiger partial charge >= 0.3 is 0 Å². The molecule has 0 N–H and O–H groups in total. The standard InChI is InChI=1S/C18H21N3O/c1-13-11-17(20-14(2)19-13)21-9-10-22-18(12-21)8-7-15-5-3-4-6-16(15)18/h3-6,11H,7-10,12H2,1-2H3. The predicted octanol–water partition coefficient (Wildman–Crippen LogP) is 2.77. The number of aryl methyl sites for hydroxylation is 3. The molecule has 0 amide bonds. The summed E-state index contributed by atoms with van der Waals surface area (Å²) in [7, 11) is 0. The topological polar surface area (TPSA) is 38.2 Å². The van der Waals surface area contributed by atoms with Crippen molar-refractivity contribution in [1.29, 1.82) is 0 Å². The lowest BCUT2D eigenvalue weighted by Gasteiger charge is -2.41. The molecule has 2 aromatic rings. The zero-order valence-corrected chi connectivity index (χ0v) is 13.2. The molecule has 1 fully saturated rings. The average Bonchev–Trinajstić information content (AvgIpc) is 2.85. The number of rotatable bonds is 1. The fourth-order valence-corrected chi connectivity index (χ4v) is 3.81. The summed E-state index contributed by atoms with van der Waals surface area (Å²) >= 11 is 0. The molecule has 1 atom stereocenters. The maximum atomic E-state index is 6.28. The van der Waals surface area contributed by atoms with Crippen LogP contribution < -0.4 is 4.90 Å². The highest BCUT2D eigenvalue weighted by Gasteiger charge is 2.43. The molecule has 114 valence electrons. The highest BCUT2D eigenvalue weighted by molar-refractivity contribution is 5.45. The van der Waals surface area contributed by atoms with Crippen LogP contribution in [0.4, 0.5) is 5.82 Å². The molecule has 1 saturated heterocycles. The van der Waals surface area contributed by atoms with Gasteiger partial charge in [-0.25, -0.2) is 9.97 Å². The molecule has 1 unspecified atom stereocenters. The zero-order valence-electron chi connectivity index (χ0n) is 13.2. The maximum absolute atomic E-state index is 6.28. The molecule has 4 rings (SSSR count). The third kappa shape index (κ3) is 2.18. The number of benzene rings is 1. The molecule has 0 saturated carbocycles. The van der Waals surface area contributed by atoms with Crippen molar-refractivity contribution in [3.05, 3.63) is 53.0 Å². The van der Waals surface area contributed by atoms with E-state index in [1.54, 1.807) is 0 Å². The highest BCUT2D eigenvalue weighted by atomic mass is 16.5. The van der Waals surface area contributed by atoms with Crippen molar-refractivity contribution in [2.45, 2.75) is 32.3 Å². The summed E-state index contributed by atoms with van der Waals surface area (Å²) in [6.45, 7) is 6.49. The molecular weight excluding hydrogens is 274 g/mol. The number of anilines is 1. The van der Waals surface area contributed by atoms with Gasteiger partial charge in [-0.1, -0.05) is 24.3 Å². The average molecular weight is 295 g/mol. The molecule has 1 aromatic carbocycles. The van der Waals surface area contributed by atoms with Crippen molar-refractivity contribution in [3.63, 3.8) is 0 Å². The smallest absolute Gasteiger partial charge is 0.132 e. The van der Waals surface area contributed by atoms with Crippen LogP contribution in [-0.2, 0) is 16.8 Å². The van der Waals surface area contributed by atoms with Crippen molar-refractivity contribution in [2.24, 2.45) is 0 Å². The van der Waals surface area contributed by atoms with Crippen molar-refractivity contribution < 1.29 is 4.74 Å². The number of hydrogen-bond acceptors (Lipinski definition) is 4. The fourth-order valence-electron chi connectivity index (χ4n) is 3.81. The number of aromatic nitrogens is 2. The Kier molecular flexibility index (Phi) is 3.15. The Balaban J connectivity index is 1.68. The molecule has 4 heteroatoms. The van der Waals surface area contributed by atoms with Crippen molar-refractivity contribution in [2.75, 3.05) is 24.6 Å². The van der Waals surface area contributed by atoms with Crippen LogP contribution in [0.15, 0.2) is 30.3 Å².